The van der Waals surface area contributed by atoms with Gasteiger partial charge in [-0.25, -0.2) is 4.98 Å². The third-order valence-corrected chi connectivity index (χ3v) is 3.24. The average molecular weight is 262 g/mol. The SMILES string of the molecule is CCNC(CCc1ccco1)Cc1ncnn1CC. The quantitative estimate of drug-likeness (QED) is 0.791. The fourth-order valence-electron chi connectivity index (χ4n) is 2.27. The van der Waals surface area contributed by atoms with Gasteiger partial charge in [-0.1, -0.05) is 6.92 Å². The smallest absolute Gasteiger partial charge is 0.138 e. The Morgan fingerprint density at radius 1 is 1.42 bits per heavy atom. The Morgan fingerprint density at radius 3 is 3.00 bits per heavy atom. The molecule has 5 heteroatoms. The number of nitrogens with zero attached hydrogens (tertiary/aromatic N) is 3. The highest BCUT2D eigenvalue weighted by Gasteiger charge is 2.13. The summed E-state index contributed by atoms with van der Waals surface area (Å²) < 4.78 is 7.34. The predicted octanol–water partition coefficient (Wildman–Crippen LogP) is 2.04. The number of likely N-dealkylation sites (N-methyl/N-ethyl adjacent to an activating group) is 1. The number of aryl methyl sites for hydroxylation is 2. The van der Waals surface area contributed by atoms with Gasteiger partial charge in [0.05, 0.1) is 6.26 Å². The van der Waals surface area contributed by atoms with Crippen LogP contribution in [0.1, 0.15) is 31.9 Å². The van der Waals surface area contributed by atoms with Crippen LogP contribution in [0.25, 0.3) is 0 Å². The minimum atomic E-state index is 0.407. The molecule has 5 nitrogen and oxygen atoms in total. The van der Waals surface area contributed by atoms with E-state index in [1.54, 1.807) is 12.6 Å². The zero-order valence-corrected chi connectivity index (χ0v) is 11.7. The topological polar surface area (TPSA) is 55.9 Å². The van der Waals surface area contributed by atoms with Crippen molar-refractivity contribution in [3.05, 3.63) is 36.3 Å². The second kappa shape index (κ2) is 7.09. The van der Waals surface area contributed by atoms with Crippen molar-refractivity contribution in [2.24, 2.45) is 0 Å². The molecule has 0 aliphatic rings. The molecule has 2 aromatic rings. The lowest BCUT2D eigenvalue weighted by molar-refractivity contribution is 0.435. The molecule has 19 heavy (non-hydrogen) atoms. The molecule has 2 aromatic heterocycles. The highest BCUT2D eigenvalue weighted by molar-refractivity contribution is 4.99. The zero-order valence-electron chi connectivity index (χ0n) is 11.7. The van der Waals surface area contributed by atoms with Crippen LogP contribution in [0.4, 0.5) is 0 Å². The normalized spacial score (nSPS) is 12.7. The van der Waals surface area contributed by atoms with Crippen LogP contribution in [0.5, 0.6) is 0 Å². The highest BCUT2D eigenvalue weighted by atomic mass is 16.3. The monoisotopic (exact) mass is 262 g/mol. The molecular formula is C14H22N4O. The number of nitrogens with one attached hydrogen (secondary N) is 1. The van der Waals surface area contributed by atoms with Crippen molar-refractivity contribution in [3.8, 4) is 0 Å². The molecule has 0 aliphatic heterocycles. The van der Waals surface area contributed by atoms with Gasteiger partial charge in [-0.15, -0.1) is 0 Å². The van der Waals surface area contributed by atoms with E-state index in [0.717, 1.165) is 43.9 Å². The lowest BCUT2D eigenvalue weighted by atomic mass is 10.1. The molecule has 0 fully saturated rings. The molecule has 0 saturated heterocycles. The van der Waals surface area contributed by atoms with Crippen LogP contribution in [0.3, 0.4) is 0 Å². The second-order valence-corrected chi connectivity index (χ2v) is 4.57. The lowest BCUT2D eigenvalue weighted by Crippen LogP contribution is -2.32. The van der Waals surface area contributed by atoms with E-state index in [-0.39, 0.29) is 0 Å². The number of furan rings is 1. The van der Waals surface area contributed by atoms with E-state index in [2.05, 4.69) is 29.2 Å². The van der Waals surface area contributed by atoms with E-state index in [9.17, 15) is 0 Å². The van der Waals surface area contributed by atoms with E-state index in [1.807, 2.05) is 16.8 Å². The fraction of sp³-hybridized carbons (Fsp3) is 0.571. The maximum atomic E-state index is 5.38. The number of hydrogen-bond acceptors (Lipinski definition) is 4. The summed E-state index contributed by atoms with van der Waals surface area (Å²) in [7, 11) is 0. The van der Waals surface area contributed by atoms with Crippen LogP contribution in [0.15, 0.2) is 29.1 Å². The van der Waals surface area contributed by atoms with E-state index >= 15 is 0 Å². The summed E-state index contributed by atoms with van der Waals surface area (Å²) in [5.41, 5.74) is 0. The lowest BCUT2D eigenvalue weighted by Gasteiger charge is -2.17. The van der Waals surface area contributed by atoms with Crippen LogP contribution in [-0.4, -0.2) is 27.4 Å². The van der Waals surface area contributed by atoms with Crippen LogP contribution in [0.2, 0.25) is 0 Å². The molecule has 1 N–H and O–H groups in total. The molecule has 1 atom stereocenters. The van der Waals surface area contributed by atoms with Gasteiger partial charge in [-0.2, -0.15) is 5.10 Å². The molecule has 0 saturated carbocycles. The maximum absolute atomic E-state index is 5.38. The van der Waals surface area contributed by atoms with Crippen molar-refractivity contribution in [2.75, 3.05) is 6.54 Å². The van der Waals surface area contributed by atoms with Crippen LogP contribution in [-0.2, 0) is 19.4 Å². The Morgan fingerprint density at radius 2 is 2.32 bits per heavy atom. The Balaban J connectivity index is 1.92. The Hall–Kier alpha value is -1.62. The van der Waals surface area contributed by atoms with Gasteiger partial charge in [0.2, 0.25) is 0 Å². The van der Waals surface area contributed by atoms with Crippen molar-refractivity contribution in [1.29, 1.82) is 0 Å². The van der Waals surface area contributed by atoms with E-state index in [0.29, 0.717) is 6.04 Å². The second-order valence-electron chi connectivity index (χ2n) is 4.57. The molecule has 104 valence electrons. The molecule has 2 heterocycles. The molecular weight excluding hydrogens is 240 g/mol. The van der Waals surface area contributed by atoms with Gasteiger partial charge in [-0.3, -0.25) is 4.68 Å². The van der Waals surface area contributed by atoms with Crippen LogP contribution >= 0.6 is 0 Å². The van der Waals surface area contributed by atoms with E-state index in [1.165, 1.54) is 0 Å². The first-order valence-corrected chi connectivity index (χ1v) is 6.96. The molecule has 0 aromatic carbocycles. The summed E-state index contributed by atoms with van der Waals surface area (Å²) in [5, 5.41) is 7.73. The first-order chi connectivity index (χ1) is 9.33. The van der Waals surface area contributed by atoms with Crippen molar-refractivity contribution in [1.82, 2.24) is 20.1 Å². The molecule has 1 unspecified atom stereocenters. The van der Waals surface area contributed by atoms with Gasteiger partial charge < -0.3 is 9.73 Å². The molecule has 0 aliphatic carbocycles. The molecule has 0 amide bonds. The Kier molecular flexibility index (Phi) is 5.15. The van der Waals surface area contributed by atoms with E-state index in [4.69, 9.17) is 4.42 Å². The van der Waals surface area contributed by atoms with Crippen molar-refractivity contribution in [3.63, 3.8) is 0 Å². The first-order valence-electron chi connectivity index (χ1n) is 6.96. The third-order valence-electron chi connectivity index (χ3n) is 3.24. The van der Waals surface area contributed by atoms with E-state index < -0.39 is 0 Å². The van der Waals surface area contributed by atoms with Crippen molar-refractivity contribution < 1.29 is 4.42 Å². The minimum Gasteiger partial charge on any atom is -0.469 e. The van der Waals surface area contributed by atoms with Gasteiger partial charge in [-0.05, 0) is 32.0 Å². The largest absolute Gasteiger partial charge is 0.469 e. The van der Waals surface area contributed by atoms with Gasteiger partial charge in [0, 0.05) is 25.4 Å². The first kappa shape index (κ1) is 13.8. The minimum absolute atomic E-state index is 0.407. The highest BCUT2D eigenvalue weighted by Crippen LogP contribution is 2.09. The summed E-state index contributed by atoms with van der Waals surface area (Å²) in [5.74, 6) is 2.09. The van der Waals surface area contributed by atoms with Gasteiger partial charge in [0.1, 0.15) is 17.9 Å². The van der Waals surface area contributed by atoms with Gasteiger partial charge in [0.15, 0.2) is 0 Å². The van der Waals surface area contributed by atoms with Gasteiger partial charge >= 0.3 is 0 Å². The summed E-state index contributed by atoms with van der Waals surface area (Å²) in [6.45, 7) is 6.04. The summed E-state index contributed by atoms with van der Waals surface area (Å²) in [6.07, 6.45) is 6.25. The zero-order chi connectivity index (χ0) is 13.5. The third kappa shape index (κ3) is 3.92. The molecule has 0 radical (unpaired) electrons. The van der Waals surface area contributed by atoms with Gasteiger partial charge in [0.25, 0.3) is 0 Å². The van der Waals surface area contributed by atoms with Crippen molar-refractivity contribution in [2.45, 2.75) is 45.7 Å². The fourth-order valence-corrected chi connectivity index (χ4v) is 2.27. The summed E-state index contributed by atoms with van der Waals surface area (Å²) in [4.78, 5) is 4.34. The maximum Gasteiger partial charge on any atom is 0.138 e. The van der Waals surface area contributed by atoms with Crippen molar-refractivity contribution >= 4 is 0 Å². The van der Waals surface area contributed by atoms with Crippen LogP contribution < -0.4 is 5.32 Å². The molecule has 0 spiro atoms. The van der Waals surface area contributed by atoms with Crippen LogP contribution in [0, 0.1) is 0 Å². The standard InChI is InChI=1S/C14H22N4O/c1-3-15-12(7-8-13-6-5-9-19-13)10-14-16-11-17-18(14)4-2/h5-6,9,11-12,15H,3-4,7-8,10H2,1-2H3. The Bertz CT molecular complexity index is 464. The number of hydrogen-bond donors (Lipinski definition) is 1. The Labute approximate surface area is 114 Å². The number of aromatic nitrogens is 3. The summed E-state index contributed by atoms with van der Waals surface area (Å²) >= 11 is 0. The molecule has 2 rings (SSSR count). The molecule has 0 bridgehead atoms. The summed E-state index contributed by atoms with van der Waals surface area (Å²) in [6, 6.07) is 4.37. The number of rotatable bonds is 8. The average Bonchev–Trinajstić information content (AvgIpc) is 3.07. The predicted molar refractivity (Wildman–Crippen MR) is 73.9 cm³/mol.